The number of halogens is 1. The molecule has 0 aromatic rings. The number of allylic oxidation sites excluding steroid dienone is 3. The molecular weight excluding hydrogens is 361 g/mol. The first-order chi connectivity index (χ1) is 12.9. The van der Waals surface area contributed by atoms with Gasteiger partial charge in [-0.05, 0) is 73.2 Å². The summed E-state index contributed by atoms with van der Waals surface area (Å²) in [7, 11) is 3.95. The number of carbonyl (C=O) groups excluding carboxylic acids is 1. The van der Waals surface area contributed by atoms with E-state index >= 15 is 0 Å². The Bertz CT molecular complexity index is 366. The topological polar surface area (TPSA) is 70.0 Å². The van der Waals surface area contributed by atoms with E-state index in [0.29, 0.717) is 12.9 Å². The molecule has 0 aliphatic carbocycles. The number of hydrogen-bond acceptors (Lipinski definition) is 5. The third-order valence-electron chi connectivity index (χ3n) is 2.86. The minimum atomic E-state index is -0.373. The molecule has 0 bridgehead atoms. The number of aliphatic hydroxyl groups is 2. The molecule has 170 valence electrons. The highest BCUT2D eigenvalue weighted by Crippen LogP contribution is 2.05. The predicted octanol–water partition coefficient (Wildman–Crippen LogP) is 4.88. The summed E-state index contributed by atoms with van der Waals surface area (Å²) in [5.41, 5.74) is -0.318. The van der Waals surface area contributed by atoms with E-state index in [1.165, 1.54) is 6.08 Å². The molecule has 2 unspecified atom stereocenters. The predicted molar refractivity (Wildman–Crippen MR) is 118 cm³/mol. The largest absolute Gasteiger partial charge is 0.462 e. The van der Waals surface area contributed by atoms with Crippen molar-refractivity contribution in [1.29, 1.82) is 0 Å². The van der Waals surface area contributed by atoms with Crippen molar-refractivity contribution in [3.8, 4) is 0 Å². The molecule has 0 radical (unpaired) electrons. The number of aliphatic hydroxyl groups excluding tert-OH is 2. The van der Waals surface area contributed by atoms with Gasteiger partial charge in [0, 0.05) is 0 Å². The lowest BCUT2D eigenvalue weighted by atomic mass is 10.1. The summed E-state index contributed by atoms with van der Waals surface area (Å²) in [6.45, 7) is 17.7. The van der Waals surface area contributed by atoms with Crippen LogP contribution in [-0.2, 0) is 9.53 Å². The van der Waals surface area contributed by atoms with E-state index in [1.807, 2.05) is 67.5 Å². The van der Waals surface area contributed by atoms with Crippen LogP contribution in [0.4, 0.5) is 4.39 Å². The van der Waals surface area contributed by atoms with Crippen LogP contribution in [0.15, 0.2) is 24.6 Å². The second-order valence-corrected chi connectivity index (χ2v) is 7.13. The molecule has 2 atom stereocenters. The van der Waals surface area contributed by atoms with Gasteiger partial charge in [0.1, 0.15) is 11.4 Å². The molecule has 0 saturated heterocycles. The van der Waals surface area contributed by atoms with Crippen molar-refractivity contribution in [2.45, 2.75) is 92.0 Å². The summed E-state index contributed by atoms with van der Waals surface area (Å²) in [5.74, 6) is -0.373. The number of rotatable bonds is 9. The summed E-state index contributed by atoms with van der Waals surface area (Å²) in [4.78, 5) is 11.6. The zero-order chi connectivity index (χ0) is 23.2. The van der Waals surface area contributed by atoms with Gasteiger partial charge < -0.3 is 19.8 Å². The van der Waals surface area contributed by atoms with E-state index in [4.69, 9.17) is 0 Å². The van der Waals surface area contributed by atoms with Gasteiger partial charge in [-0.1, -0.05) is 40.3 Å². The van der Waals surface area contributed by atoms with Crippen LogP contribution in [-0.4, -0.2) is 60.0 Å². The van der Waals surface area contributed by atoms with Crippen LogP contribution in [0.25, 0.3) is 0 Å². The van der Waals surface area contributed by atoms with E-state index < -0.39 is 0 Å². The van der Waals surface area contributed by atoms with E-state index in [1.54, 1.807) is 6.08 Å². The molecule has 0 spiro atoms. The summed E-state index contributed by atoms with van der Waals surface area (Å²) in [5, 5.41) is 18.6. The Kier molecular flexibility index (Phi) is 29.1. The van der Waals surface area contributed by atoms with E-state index in [-0.39, 0.29) is 23.6 Å². The average Bonchev–Trinajstić information content (AvgIpc) is 2.59. The minimum absolute atomic E-state index is 0.318. The quantitative estimate of drug-likeness (QED) is 0.421. The van der Waals surface area contributed by atoms with Gasteiger partial charge in [0.25, 0.3) is 6.47 Å². The van der Waals surface area contributed by atoms with Crippen LogP contribution in [0.5, 0.6) is 0 Å². The average molecular weight is 408 g/mol. The SMILES string of the molecule is C=C(F)/C=C\CC.CC.CC(C)(C)OC=O.CCC(O)CC(O)CCN(C)C. The van der Waals surface area contributed by atoms with Crippen molar-refractivity contribution in [3.63, 3.8) is 0 Å². The lowest BCUT2D eigenvalue weighted by Gasteiger charge is -2.16. The number of ether oxygens (including phenoxy) is 1. The molecule has 0 aromatic heterocycles. The fourth-order valence-corrected chi connectivity index (χ4v) is 1.40. The van der Waals surface area contributed by atoms with Gasteiger partial charge in [-0.2, -0.15) is 0 Å². The maximum Gasteiger partial charge on any atom is 0.293 e. The van der Waals surface area contributed by atoms with Crippen molar-refractivity contribution in [1.82, 2.24) is 4.90 Å². The minimum Gasteiger partial charge on any atom is -0.462 e. The first-order valence-electron chi connectivity index (χ1n) is 10.0. The van der Waals surface area contributed by atoms with E-state index in [9.17, 15) is 19.4 Å². The number of carbonyl (C=O) groups is 1. The summed E-state index contributed by atoms with van der Waals surface area (Å²) < 4.78 is 16.2. The number of nitrogens with zero attached hydrogens (tertiary/aromatic N) is 1. The Labute approximate surface area is 173 Å². The third-order valence-corrected chi connectivity index (χ3v) is 2.86. The van der Waals surface area contributed by atoms with Crippen LogP contribution < -0.4 is 0 Å². The molecule has 0 aromatic carbocycles. The first-order valence-corrected chi connectivity index (χ1v) is 10.0. The van der Waals surface area contributed by atoms with Gasteiger partial charge in [-0.25, -0.2) is 4.39 Å². The maximum atomic E-state index is 11.6. The molecule has 0 aliphatic rings. The molecule has 6 heteroatoms. The molecule has 0 fully saturated rings. The summed E-state index contributed by atoms with van der Waals surface area (Å²) in [6, 6.07) is 0. The third kappa shape index (κ3) is 44.3. The Hall–Kier alpha value is -1.24. The Morgan fingerprint density at radius 1 is 1.18 bits per heavy atom. The monoisotopic (exact) mass is 407 g/mol. The Balaban J connectivity index is -0.000000156. The van der Waals surface area contributed by atoms with Gasteiger partial charge in [-0.15, -0.1) is 0 Å². The fraction of sp³-hybridized carbons (Fsp3) is 0.773. The molecular formula is C22H46FNO4. The van der Waals surface area contributed by atoms with Gasteiger partial charge in [-0.3, -0.25) is 4.79 Å². The lowest BCUT2D eigenvalue weighted by Crippen LogP contribution is -2.22. The second kappa shape index (κ2) is 23.8. The summed E-state index contributed by atoms with van der Waals surface area (Å²) >= 11 is 0. The zero-order valence-electron chi connectivity index (χ0n) is 19.7. The highest BCUT2D eigenvalue weighted by atomic mass is 19.1. The second-order valence-electron chi connectivity index (χ2n) is 7.13. The van der Waals surface area contributed by atoms with Crippen molar-refractivity contribution in [2.75, 3.05) is 20.6 Å². The molecule has 0 rings (SSSR count). The standard InChI is InChI=1S/C9H21NO2.C6H9F.C5H10O2.C2H6/c1-4-8(11)7-9(12)5-6-10(2)3;1-3-4-5-6(2)7;1-5(2,3)7-4-6;1-2/h8-9,11-12H,4-7H2,1-3H3;4-5H,2-3H2,1H3;4H,1-3H3;1-2H3/b;5-4-;;. The van der Waals surface area contributed by atoms with E-state index in [2.05, 4.69) is 11.3 Å². The number of hydrogen-bond donors (Lipinski definition) is 2. The van der Waals surface area contributed by atoms with Gasteiger partial charge in [0.15, 0.2) is 0 Å². The van der Waals surface area contributed by atoms with Crippen molar-refractivity contribution >= 4 is 6.47 Å². The Morgan fingerprint density at radius 3 is 1.89 bits per heavy atom. The molecule has 0 amide bonds. The van der Waals surface area contributed by atoms with Crippen molar-refractivity contribution in [3.05, 3.63) is 24.6 Å². The van der Waals surface area contributed by atoms with Gasteiger partial charge in [0.2, 0.25) is 0 Å². The van der Waals surface area contributed by atoms with Crippen LogP contribution in [0.2, 0.25) is 0 Å². The molecule has 0 heterocycles. The van der Waals surface area contributed by atoms with Gasteiger partial charge in [0.05, 0.1) is 12.2 Å². The zero-order valence-corrected chi connectivity index (χ0v) is 19.7. The van der Waals surface area contributed by atoms with Gasteiger partial charge >= 0.3 is 0 Å². The van der Waals surface area contributed by atoms with Crippen molar-refractivity contribution < 1.29 is 24.1 Å². The summed E-state index contributed by atoms with van der Waals surface area (Å²) in [6.07, 6.45) is 5.21. The molecule has 5 nitrogen and oxygen atoms in total. The Morgan fingerprint density at radius 2 is 1.68 bits per heavy atom. The van der Waals surface area contributed by atoms with Crippen LogP contribution in [0.3, 0.4) is 0 Å². The highest BCUT2D eigenvalue weighted by molar-refractivity contribution is 5.37. The smallest absolute Gasteiger partial charge is 0.293 e. The molecule has 0 aliphatic heterocycles. The normalized spacial score (nSPS) is 12.5. The lowest BCUT2D eigenvalue weighted by molar-refractivity contribution is -0.138. The van der Waals surface area contributed by atoms with Crippen LogP contribution >= 0.6 is 0 Å². The molecule has 28 heavy (non-hydrogen) atoms. The molecule has 2 N–H and O–H groups in total. The maximum absolute atomic E-state index is 11.6. The van der Waals surface area contributed by atoms with Crippen LogP contribution in [0, 0.1) is 0 Å². The van der Waals surface area contributed by atoms with Crippen LogP contribution in [0.1, 0.15) is 74.1 Å². The molecule has 0 saturated carbocycles. The fourth-order valence-electron chi connectivity index (χ4n) is 1.40. The van der Waals surface area contributed by atoms with Crippen molar-refractivity contribution in [2.24, 2.45) is 0 Å². The highest BCUT2D eigenvalue weighted by Gasteiger charge is 2.10. The first kappa shape index (κ1) is 34.3. The van der Waals surface area contributed by atoms with E-state index in [0.717, 1.165) is 25.8 Å².